The number of nitrogens with one attached hydrogen (secondary N) is 1. The Morgan fingerprint density at radius 3 is 2.33 bits per heavy atom. The third kappa shape index (κ3) is 6.49. The maximum atomic E-state index is 12.2. The molecule has 0 aliphatic heterocycles. The fourth-order valence-electron chi connectivity index (χ4n) is 2.38. The van der Waals surface area contributed by atoms with E-state index in [0.29, 0.717) is 12.2 Å². The first kappa shape index (κ1) is 20.4. The molecular formula is C17H29N3O3S. The first-order valence-corrected chi connectivity index (χ1v) is 9.95. The summed E-state index contributed by atoms with van der Waals surface area (Å²) in [6, 6.07) is 7.43. The molecule has 0 saturated heterocycles. The smallest absolute Gasteiger partial charge is 0.232 e. The van der Waals surface area contributed by atoms with E-state index in [0.717, 1.165) is 12.1 Å². The van der Waals surface area contributed by atoms with Gasteiger partial charge in [-0.25, -0.2) is 8.42 Å². The van der Waals surface area contributed by atoms with Gasteiger partial charge in [0.05, 0.1) is 11.9 Å². The molecule has 0 radical (unpaired) electrons. The Labute approximate surface area is 145 Å². The molecule has 1 aromatic rings. The zero-order valence-electron chi connectivity index (χ0n) is 15.2. The van der Waals surface area contributed by atoms with Gasteiger partial charge in [0.2, 0.25) is 15.9 Å². The lowest BCUT2D eigenvalue weighted by molar-refractivity contribution is -0.120. The number of hydrogen-bond donors (Lipinski definition) is 1. The molecule has 6 nitrogen and oxygen atoms in total. The highest BCUT2D eigenvalue weighted by atomic mass is 32.2. The summed E-state index contributed by atoms with van der Waals surface area (Å²) in [5.74, 6) is 0.0481. The van der Waals surface area contributed by atoms with E-state index in [1.807, 2.05) is 51.0 Å². The van der Waals surface area contributed by atoms with Gasteiger partial charge in [-0.2, -0.15) is 0 Å². The van der Waals surface area contributed by atoms with Gasteiger partial charge in [-0.05, 0) is 31.6 Å². The van der Waals surface area contributed by atoms with E-state index in [-0.39, 0.29) is 24.8 Å². The van der Waals surface area contributed by atoms with Crippen molar-refractivity contribution in [2.75, 3.05) is 44.3 Å². The van der Waals surface area contributed by atoms with Crippen molar-refractivity contribution in [1.82, 2.24) is 10.2 Å². The first-order chi connectivity index (χ1) is 11.1. The predicted octanol–water partition coefficient (Wildman–Crippen LogP) is 1.64. The molecule has 0 aliphatic carbocycles. The van der Waals surface area contributed by atoms with E-state index in [2.05, 4.69) is 5.32 Å². The molecule has 0 unspecified atom stereocenters. The minimum Gasteiger partial charge on any atom is -0.355 e. The molecule has 1 aromatic carbocycles. The Morgan fingerprint density at radius 1 is 1.17 bits per heavy atom. The predicted molar refractivity (Wildman–Crippen MR) is 98.9 cm³/mol. The summed E-state index contributed by atoms with van der Waals surface area (Å²) in [5.41, 5.74) is 1.60. The van der Waals surface area contributed by atoms with Gasteiger partial charge in [0.15, 0.2) is 0 Å². The quantitative estimate of drug-likeness (QED) is 0.731. The molecule has 0 saturated carbocycles. The van der Waals surface area contributed by atoms with Crippen LogP contribution >= 0.6 is 0 Å². The molecule has 1 N–H and O–H groups in total. The number of amides is 1. The van der Waals surface area contributed by atoms with Crippen molar-refractivity contribution in [2.24, 2.45) is 0 Å². The second kappa shape index (κ2) is 9.03. The summed E-state index contributed by atoms with van der Waals surface area (Å²) in [7, 11) is 0.403. The Morgan fingerprint density at radius 2 is 1.79 bits per heavy atom. The molecule has 0 aromatic heterocycles. The van der Waals surface area contributed by atoms with Crippen LogP contribution in [0.3, 0.4) is 0 Å². The Kier molecular flexibility index (Phi) is 7.69. The van der Waals surface area contributed by atoms with E-state index >= 15 is 0 Å². The molecule has 0 bridgehead atoms. The van der Waals surface area contributed by atoms with Crippen LogP contribution < -0.4 is 9.62 Å². The summed E-state index contributed by atoms with van der Waals surface area (Å²) in [4.78, 5) is 13.9. The van der Waals surface area contributed by atoms with Gasteiger partial charge in [0, 0.05) is 26.1 Å². The second-order valence-electron chi connectivity index (χ2n) is 6.45. The van der Waals surface area contributed by atoms with Crippen molar-refractivity contribution >= 4 is 21.6 Å². The van der Waals surface area contributed by atoms with Gasteiger partial charge in [0.1, 0.15) is 0 Å². The number of anilines is 1. The van der Waals surface area contributed by atoms with Gasteiger partial charge < -0.3 is 10.2 Å². The third-order valence-electron chi connectivity index (χ3n) is 3.65. The SMILES string of the molecule is CC(C)c1ccccc1N(CCC(=O)NCCN(C)C)S(C)(=O)=O. The Bertz CT molecular complexity index is 642. The molecule has 0 fully saturated rings. The lowest BCUT2D eigenvalue weighted by Crippen LogP contribution is -2.37. The van der Waals surface area contributed by atoms with Crippen molar-refractivity contribution < 1.29 is 13.2 Å². The van der Waals surface area contributed by atoms with Crippen LogP contribution in [0, 0.1) is 0 Å². The number of carbonyl (C=O) groups excluding carboxylic acids is 1. The zero-order valence-corrected chi connectivity index (χ0v) is 16.1. The fraction of sp³-hybridized carbons (Fsp3) is 0.588. The van der Waals surface area contributed by atoms with Gasteiger partial charge in [0.25, 0.3) is 0 Å². The summed E-state index contributed by atoms with van der Waals surface area (Å²) >= 11 is 0. The van der Waals surface area contributed by atoms with E-state index in [1.54, 1.807) is 6.07 Å². The van der Waals surface area contributed by atoms with Crippen LogP contribution in [0.2, 0.25) is 0 Å². The molecule has 0 spiro atoms. The largest absolute Gasteiger partial charge is 0.355 e. The number of carbonyl (C=O) groups is 1. The number of benzene rings is 1. The van der Waals surface area contributed by atoms with Crippen LogP contribution in [0.5, 0.6) is 0 Å². The lowest BCUT2D eigenvalue weighted by atomic mass is 10.0. The highest BCUT2D eigenvalue weighted by Crippen LogP contribution is 2.29. The maximum absolute atomic E-state index is 12.2. The lowest BCUT2D eigenvalue weighted by Gasteiger charge is -2.26. The topological polar surface area (TPSA) is 69.7 Å². The van der Waals surface area contributed by atoms with Crippen LogP contribution in [-0.2, 0) is 14.8 Å². The van der Waals surface area contributed by atoms with E-state index in [9.17, 15) is 13.2 Å². The summed E-state index contributed by atoms with van der Waals surface area (Å²) < 4.78 is 25.7. The first-order valence-electron chi connectivity index (χ1n) is 8.11. The monoisotopic (exact) mass is 355 g/mol. The fourth-order valence-corrected chi connectivity index (χ4v) is 3.32. The van der Waals surface area contributed by atoms with Crippen LogP contribution in [0.15, 0.2) is 24.3 Å². The van der Waals surface area contributed by atoms with Gasteiger partial charge in [-0.15, -0.1) is 0 Å². The van der Waals surface area contributed by atoms with E-state index < -0.39 is 10.0 Å². The van der Waals surface area contributed by atoms with Gasteiger partial charge >= 0.3 is 0 Å². The van der Waals surface area contributed by atoms with Crippen LogP contribution in [-0.4, -0.2) is 59.2 Å². The molecule has 136 valence electrons. The molecule has 1 rings (SSSR count). The van der Waals surface area contributed by atoms with Crippen molar-refractivity contribution in [3.05, 3.63) is 29.8 Å². The number of para-hydroxylation sites is 1. The number of likely N-dealkylation sites (N-methyl/N-ethyl adjacent to an activating group) is 1. The van der Waals surface area contributed by atoms with Gasteiger partial charge in [-0.1, -0.05) is 32.0 Å². The molecule has 0 atom stereocenters. The number of hydrogen-bond acceptors (Lipinski definition) is 4. The molecule has 1 amide bonds. The number of nitrogens with zero attached hydrogens (tertiary/aromatic N) is 2. The highest BCUT2D eigenvalue weighted by Gasteiger charge is 2.21. The van der Waals surface area contributed by atoms with Crippen LogP contribution in [0.1, 0.15) is 31.7 Å². The average molecular weight is 356 g/mol. The van der Waals surface area contributed by atoms with E-state index in [1.165, 1.54) is 10.6 Å². The summed E-state index contributed by atoms with van der Waals surface area (Å²) in [5, 5.41) is 2.81. The van der Waals surface area contributed by atoms with Crippen molar-refractivity contribution in [2.45, 2.75) is 26.2 Å². The number of rotatable bonds is 9. The summed E-state index contributed by atoms with van der Waals surface area (Å²) in [6.07, 6.45) is 1.31. The average Bonchev–Trinajstić information content (AvgIpc) is 2.46. The van der Waals surface area contributed by atoms with Crippen molar-refractivity contribution in [3.8, 4) is 0 Å². The minimum absolute atomic E-state index is 0.132. The maximum Gasteiger partial charge on any atom is 0.232 e. The molecule has 0 heterocycles. The van der Waals surface area contributed by atoms with Crippen molar-refractivity contribution in [1.29, 1.82) is 0 Å². The standard InChI is InChI=1S/C17H29N3O3S/c1-14(2)15-8-6-7-9-16(15)20(24(5,22)23)12-10-17(21)18-11-13-19(3)4/h6-9,14H,10-13H2,1-5H3,(H,18,21). The molecular weight excluding hydrogens is 326 g/mol. The van der Waals surface area contributed by atoms with Crippen LogP contribution in [0.25, 0.3) is 0 Å². The number of sulfonamides is 1. The van der Waals surface area contributed by atoms with Crippen molar-refractivity contribution in [3.63, 3.8) is 0 Å². The molecule has 7 heteroatoms. The summed E-state index contributed by atoms with van der Waals surface area (Å²) in [6.45, 7) is 5.47. The third-order valence-corrected chi connectivity index (χ3v) is 4.83. The van der Waals surface area contributed by atoms with E-state index in [4.69, 9.17) is 0 Å². The molecule has 0 aliphatic rings. The second-order valence-corrected chi connectivity index (χ2v) is 8.36. The van der Waals surface area contributed by atoms with Crippen LogP contribution in [0.4, 0.5) is 5.69 Å². The Hall–Kier alpha value is -1.60. The normalized spacial score (nSPS) is 11.8. The van der Waals surface area contributed by atoms with Gasteiger partial charge in [-0.3, -0.25) is 9.10 Å². The minimum atomic E-state index is -3.46. The zero-order chi connectivity index (χ0) is 18.3. The molecule has 24 heavy (non-hydrogen) atoms. The Balaban J connectivity index is 2.84. The highest BCUT2D eigenvalue weighted by molar-refractivity contribution is 7.92.